The average Bonchev–Trinajstić information content (AvgIpc) is 2.35. The molecule has 0 aromatic heterocycles. The van der Waals surface area contributed by atoms with Crippen molar-refractivity contribution >= 4 is 17.9 Å². The molecule has 0 spiro atoms. The zero-order valence-electron chi connectivity index (χ0n) is 12.2. The van der Waals surface area contributed by atoms with E-state index in [9.17, 15) is 14.4 Å². The highest BCUT2D eigenvalue weighted by Crippen LogP contribution is 2.00. The van der Waals surface area contributed by atoms with Gasteiger partial charge < -0.3 is 21.1 Å². The second kappa shape index (κ2) is 11.1. The van der Waals surface area contributed by atoms with Crippen LogP contribution in [0, 0.1) is 0 Å². The van der Waals surface area contributed by atoms with Gasteiger partial charge >= 0.3 is 12.0 Å². The van der Waals surface area contributed by atoms with Gasteiger partial charge in [0.1, 0.15) is 0 Å². The highest BCUT2D eigenvalue weighted by atomic mass is 16.4. The Hall–Kier alpha value is -1.79. The Morgan fingerprint density at radius 3 is 2.40 bits per heavy atom. The predicted octanol–water partition coefficient (Wildman–Crippen LogP) is 0.845. The van der Waals surface area contributed by atoms with Crippen molar-refractivity contribution in [2.45, 2.75) is 52.0 Å². The van der Waals surface area contributed by atoms with Gasteiger partial charge in [0.05, 0.1) is 0 Å². The third-order valence-corrected chi connectivity index (χ3v) is 2.62. The zero-order chi connectivity index (χ0) is 15.4. The van der Waals surface area contributed by atoms with Crippen LogP contribution in [0.15, 0.2) is 0 Å². The van der Waals surface area contributed by atoms with Gasteiger partial charge in [-0.1, -0.05) is 6.92 Å². The first kappa shape index (κ1) is 18.2. The summed E-state index contributed by atoms with van der Waals surface area (Å²) in [5.41, 5.74) is 0. The molecule has 0 aliphatic carbocycles. The first-order valence-electron chi connectivity index (χ1n) is 6.98. The summed E-state index contributed by atoms with van der Waals surface area (Å²) < 4.78 is 0. The van der Waals surface area contributed by atoms with Crippen LogP contribution >= 0.6 is 0 Å². The molecule has 1 unspecified atom stereocenters. The fourth-order valence-corrected chi connectivity index (χ4v) is 1.55. The van der Waals surface area contributed by atoms with Crippen molar-refractivity contribution < 1.29 is 19.5 Å². The normalized spacial score (nSPS) is 11.5. The quantitative estimate of drug-likeness (QED) is 0.477. The number of carbonyl (C=O) groups excluding carboxylic acids is 2. The number of aliphatic carboxylic acids is 1. The average molecular weight is 287 g/mol. The molecule has 4 N–H and O–H groups in total. The second-order valence-electron chi connectivity index (χ2n) is 4.69. The first-order chi connectivity index (χ1) is 9.45. The summed E-state index contributed by atoms with van der Waals surface area (Å²) in [6.07, 6.45) is 2.37. The van der Waals surface area contributed by atoms with E-state index in [0.29, 0.717) is 19.4 Å². The van der Waals surface area contributed by atoms with Crippen molar-refractivity contribution in [3.05, 3.63) is 0 Å². The van der Waals surface area contributed by atoms with E-state index in [-0.39, 0.29) is 37.4 Å². The minimum Gasteiger partial charge on any atom is -0.481 e. The van der Waals surface area contributed by atoms with Gasteiger partial charge in [-0.3, -0.25) is 9.59 Å². The molecule has 7 nitrogen and oxygen atoms in total. The number of nitrogens with one attached hydrogen (secondary N) is 3. The molecule has 0 bridgehead atoms. The molecule has 7 heteroatoms. The summed E-state index contributed by atoms with van der Waals surface area (Å²) in [7, 11) is 0. The van der Waals surface area contributed by atoms with Gasteiger partial charge in [-0.25, -0.2) is 4.79 Å². The van der Waals surface area contributed by atoms with Gasteiger partial charge in [0, 0.05) is 32.0 Å². The molecular weight excluding hydrogens is 262 g/mol. The molecular formula is C13H25N3O4. The molecule has 3 amide bonds. The maximum absolute atomic E-state index is 11.5. The second-order valence-corrected chi connectivity index (χ2v) is 4.69. The molecule has 0 aliphatic rings. The number of carbonyl (C=O) groups is 3. The maximum Gasteiger partial charge on any atom is 0.315 e. The molecule has 0 aromatic carbocycles. The highest BCUT2D eigenvalue weighted by molar-refractivity contribution is 5.78. The lowest BCUT2D eigenvalue weighted by atomic mass is 10.1. The zero-order valence-corrected chi connectivity index (χ0v) is 12.2. The fraction of sp³-hybridized carbons (Fsp3) is 0.769. The Morgan fingerprint density at radius 1 is 1.10 bits per heavy atom. The minimum absolute atomic E-state index is 0.0818. The van der Waals surface area contributed by atoms with Gasteiger partial charge in [0.15, 0.2) is 0 Å². The molecule has 0 heterocycles. The summed E-state index contributed by atoms with van der Waals surface area (Å²) in [5, 5.41) is 16.5. The SMILES string of the molecule is CCCNC(=O)CCNC(=O)NC(C)CCCC(=O)O. The summed E-state index contributed by atoms with van der Waals surface area (Å²) in [6.45, 7) is 4.71. The van der Waals surface area contributed by atoms with Crippen molar-refractivity contribution in [3.63, 3.8) is 0 Å². The summed E-state index contributed by atoms with van der Waals surface area (Å²) in [6, 6.07) is -0.431. The lowest BCUT2D eigenvalue weighted by Gasteiger charge is -2.14. The molecule has 0 rings (SSSR count). The van der Waals surface area contributed by atoms with Crippen LogP contribution in [0.3, 0.4) is 0 Å². The van der Waals surface area contributed by atoms with Gasteiger partial charge in [-0.15, -0.1) is 0 Å². The number of urea groups is 1. The van der Waals surface area contributed by atoms with Crippen LogP contribution in [-0.4, -0.2) is 42.1 Å². The van der Waals surface area contributed by atoms with Crippen LogP contribution in [0.4, 0.5) is 4.79 Å². The van der Waals surface area contributed by atoms with Gasteiger partial charge in [0.25, 0.3) is 0 Å². The predicted molar refractivity (Wildman–Crippen MR) is 75.4 cm³/mol. The van der Waals surface area contributed by atoms with E-state index in [2.05, 4.69) is 16.0 Å². The van der Waals surface area contributed by atoms with E-state index in [1.54, 1.807) is 0 Å². The van der Waals surface area contributed by atoms with Gasteiger partial charge in [-0.05, 0) is 26.2 Å². The third-order valence-electron chi connectivity index (χ3n) is 2.62. The topological polar surface area (TPSA) is 108 Å². The largest absolute Gasteiger partial charge is 0.481 e. The summed E-state index contributed by atoms with van der Waals surface area (Å²) in [4.78, 5) is 33.1. The smallest absolute Gasteiger partial charge is 0.315 e. The van der Waals surface area contributed by atoms with E-state index in [1.165, 1.54) is 0 Å². The van der Waals surface area contributed by atoms with E-state index < -0.39 is 5.97 Å². The van der Waals surface area contributed by atoms with Crippen molar-refractivity contribution in [2.75, 3.05) is 13.1 Å². The van der Waals surface area contributed by atoms with E-state index in [4.69, 9.17) is 5.11 Å². The number of carboxylic acid groups (broad SMARTS) is 1. The van der Waals surface area contributed by atoms with Crippen LogP contribution in [0.2, 0.25) is 0 Å². The lowest BCUT2D eigenvalue weighted by molar-refractivity contribution is -0.137. The highest BCUT2D eigenvalue weighted by Gasteiger charge is 2.08. The molecule has 116 valence electrons. The Labute approximate surface area is 119 Å². The Balaban J connectivity index is 3.61. The monoisotopic (exact) mass is 287 g/mol. The number of hydrogen-bond donors (Lipinski definition) is 4. The van der Waals surface area contributed by atoms with Gasteiger partial charge in [-0.2, -0.15) is 0 Å². The number of amides is 3. The standard InChI is InChI=1S/C13H25N3O4/c1-3-8-14-11(17)7-9-15-13(20)16-10(2)5-4-6-12(18)19/h10H,3-9H2,1-2H3,(H,14,17)(H,18,19)(H2,15,16,20). The summed E-state index contributed by atoms with van der Waals surface area (Å²) >= 11 is 0. The minimum atomic E-state index is -0.834. The molecule has 1 atom stereocenters. The number of hydrogen-bond acceptors (Lipinski definition) is 3. The molecule has 20 heavy (non-hydrogen) atoms. The third kappa shape index (κ3) is 11.3. The van der Waals surface area contributed by atoms with Crippen molar-refractivity contribution in [1.82, 2.24) is 16.0 Å². The first-order valence-corrected chi connectivity index (χ1v) is 6.98. The van der Waals surface area contributed by atoms with E-state index >= 15 is 0 Å². The molecule has 0 fully saturated rings. The van der Waals surface area contributed by atoms with E-state index in [1.807, 2.05) is 13.8 Å². The van der Waals surface area contributed by atoms with Crippen LogP contribution < -0.4 is 16.0 Å². The Kier molecular flexibility index (Phi) is 10.1. The summed E-state index contributed by atoms with van der Waals surface area (Å²) in [5.74, 6) is -0.915. The van der Waals surface area contributed by atoms with Gasteiger partial charge in [0.2, 0.25) is 5.91 Å². The maximum atomic E-state index is 11.5. The van der Waals surface area contributed by atoms with Crippen molar-refractivity contribution in [1.29, 1.82) is 0 Å². The molecule has 0 aliphatic heterocycles. The Bertz CT molecular complexity index is 321. The number of carboxylic acids is 1. The molecule has 0 aromatic rings. The Morgan fingerprint density at radius 2 is 1.80 bits per heavy atom. The molecule has 0 saturated carbocycles. The van der Waals surface area contributed by atoms with Crippen molar-refractivity contribution in [2.24, 2.45) is 0 Å². The van der Waals surface area contributed by atoms with Crippen LogP contribution in [-0.2, 0) is 9.59 Å². The molecule has 0 radical (unpaired) electrons. The fourth-order valence-electron chi connectivity index (χ4n) is 1.55. The van der Waals surface area contributed by atoms with Crippen molar-refractivity contribution in [3.8, 4) is 0 Å². The van der Waals surface area contributed by atoms with E-state index in [0.717, 1.165) is 6.42 Å². The lowest BCUT2D eigenvalue weighted by Crippen LogP contribution is -2.42. The van der Waals surface area contributed by atoms with Crippen LogP contribution in [0.25, 0.3) is 0 Å². The van der Waals surface area contributed by atoms with Crippen LogP contribution in [0.5, 0.6) is 0 Å². The molecule has 0 saturated heterocycles. The van der Waals surface area contributed by atoms with Crippen LogP contribution in [0.1, 0.15) is 46.0 Å². The number of rotatable bonds is 10.